The molecule has 8 nitrogen and oxygen atoms in total. The average Bonchev–Trinajstić information content (AvgIpc) is 1.40. The van der Waals surface area contributed by atoms with E-state index < -0.39 is 0 Å². The topological polar surface area (TPSA) is 104 Å². The van der Waals surface area contributed by atoms with E-state index >= 15 is 0 Å². The molecule has 4 aromatic heterocycles. The molecule has 0 fully saturated rings. The molecule has 518 valence electrons. The van der Waals surface area contributed by atoms with Gasteiger partial charge in [0.15, 0.2) is 34.9 Å². The van der Waals surface area contributed by atoms with Gasteiger partial charge in [0, 0.05) is 54.9 Å². The molecule has 0 saturated heterocycles. The first-order chi connectivity index (χ1) is 55.4. The van der Waals surface area contributed by atoms with Crippen LogP contribution in [0.3, 0.4) is 0 Å². The zero-order valence-corrected chi connectivity index (χ0v) is 60.1. The summed E-state index contributed by atoms with van der Waals surface area (Å²) in [7, 11) is 0. The largest absolute Gasteiger partial charge is 0.456 e. The predicted molar refractivity (Wildman–Crippen MR) is 462 cm³/mol. The van der Waals surface area contributed by atoms with Crippen molar-refractivity contribution in [1.29, 1.82) is 0 Å². The highest BCUT2D eigenvalue weighted by molar-refractivity contribution is 6.19. The van der Waals surface area contributed by atoms with Gasteiger partial charge < -0.3 is 8.83 Å². The minimum Gasteiger partial charge on any atom is -0.456 e. The molecule has 0 aliphatic carbocycles. The van der Waals surface area contributed by atoms with Gasteiger partial charge in [0.25, 0.3) is 0 Å². The molecule has 19 aromatic carbocycles. The van der Waals surface area contributed by atoms with Gasteiger partial charge in [-0.15, -0.1) is 0 Å². The first-order valence-corrected chi connectivity index (χ1v) is 37.8. The average molecular weight is 1430 g/mol. The third-order valence-electron chi connectivity index (χ3n) is 22.7. The second-order valence-electron chi connectivity index (χ2n) is 29.2. The van der Waals surface area contributed by atoms with Crippen LogP contribution in [0.25, 0.3) is 243 Å². The Bertz CT molecular complexity index is 7910. The Balaban J connectivity index is 0.596. The Morgan fingerprint density at radius 3 is 1.21 bits per heavy atom. The van der Waals surface area contributed by atoms with Crippen LogP contribution in [0.4, 0.5) is 0 Å². The zero-order chi connectivity index (χ0) is 73.5. The Morgan fingerprint density at radius 2 is 0.518 bits per heavy atom. The molecule has 23 rings (SSSR count). The van der Waals surface area contributed by atoms with E-state index in [1.54, 1.807) is 0 Å². The standard InChI is InChI=1S/C104H60N6O2/c1-3-20-67-52-75(46-39-61(67)17-1)99-105-101(77-48-43-66-42-41-65-19-5-7-25-79(65)87(66)58-77)107-102(106-99)86-32-16-34-95-98(86)91-55-72(49-50-94(91)111-95)70-24-15-23-69(51-70)63-35-37-64(38-36-63)71-44-45-74-56-89(83-29-11-10-28-82(83)88(74)54-71)78-59-92(97-85-31-13-14-33-93(85)112-96(97)60-78)104-109-100(76-47-40-62-18-2-4-21-68(62)53-76)108-103(110-104)90-57-73-22-6-8-26-80(73)81-27-9-12-30-84(81)90/h1-60H. The van der Waals surface area contributed by atoms with Crippen LogP contribution in [0.1, 0.15) is 0 Å². The van der Waals surface area contributed by atoms with E-state index in [1.165, 1.54) is 16.2 Å². The minimum atomic E-state index is 0.556. The Kier molecular flexibility index (Phi) is 14.2. The van der Waals surface area contributed by atoms with Crippen LogP contribution >= 0.6 is 0 Å². The van der Waals surface area contributed by atoms with Gasteiger partial charge >= 0.3 is 0 Å². The normalized spacial score (nSPS) is 11.9. The SMILES string of the molecule is c1cc(-c2ccc(-c3ccc4cc(-c5cc(-c6nc(-c7ccc8ccccc8c7)nc(-c7cc8ccccc8c8ccccc78)n6)c6c(c5)oc5ccccc56)c5ccccc5c4c3)cc2)cc(-c2ccc3oc4cccc(-c5nc(-c6ccc7ccccc7c6)nc(-c6ccc7ccc8ccccc8c7c6)n5)c4c3c2)c1. The summed E-state index contributed by atoms with van der Waals surface area (Å²) in [5.41, 5.74) is 17.2. The molecule has 0 saturated carbocycles. The van der Waals surface area contributed by atoms with E-state index in [0.29, 0.717) is 34.9 Å². The molecule has 0 unspecified atom stereocenters. The van der Waals surface area contributed by atoms with Crippen molar-refractivity contribution in [2.45, 2.75) is 0 Å². The molecule has 0 atom stereocenters. The number of hydrogen-bond donors (Lipinski definition) is 0. The van der Waals surface area contributed by atoms with Crippen molar-refractivity contribution in [2.24, 2.45) is 0 Å². The molecule has 0 aliphatic rings. The van der Waals surface area contributed by atoms with E-state index in [0.717, 1.165) is 192 Å². The lowest BCUT2D eigenvalue weighted by Crippen LogP contribution is -2.01. The number of fused-ring (bicyclic) bond motifs is 17. The Hall–Kier alpha value is -15.1. The summed E-state index contributed by atoms with van der Waals surface area (Å²) in [6.07, 6.45) is 0. The molecule has 23 aromatic rings. The van der Waals surface area contributed by atoms with Crippen LogP contribution in [0.2, 0.25) is 0 Å². The van der Waals surface area contributed by atoms with Crippen LogP contribution in [0.5, 0.6) is 0 Å². The summed E-state index contributed by atoms with van der Waals surface area (Å²) in [5, 5.41) is 22.1. The van der Waals surface area contributed by atoms with Gasteiger partial charge in [-0.05, 0) is 210 Å². The maximum atomic E-state index is 6.90. The molecule has 112 heavy (non-hydrogen) atoms. The third-order valence-corrected chi connectivity index (χ3v) is 22.7. The van der Waals surface area contributed by atoms with Crippen LogP contribution in [0, 0.1) is 0 Å². The molecular formula is C104H60N6O2. The van der Waals surface area contributed by atoms with Crippen molar-refractivity contribution in [1.82, 2.24) is 29.9 Å². The molecule has 0 spiro atoms. The number of furan rings is 2. The fourth-order valence-corrected chi connectivity index (χ4v) is 17.2. The number of rotatable bonds is 10. The molecular weight excluding hydrogens is 1370 g/mol. The summed E-state index contributed by atoms with van der Waals surface area (Å²) in [4.78, 5) is 32.4. The lowest BCUT2D eigenvalue weighted by atomic mass is 9.90. The van der Waals surface area contributed by atoms with Gasteiger partial charge in [0.05, 0.1) is 0 Å². The Morgan fingerprint density at radius 1 is 0.143 bits per heavy atom. The summed E-state index contributed by atoms with van der Waals surface area (Å²) >= 11 is 0. The molecule has 0 bridgehead atoms. The molecule has 8 heteroatoms. The lowest BCUT2D eigenvalue weighted by molar-refractivity contribution is 0.668. The van der Waals surface area contributed by atoms with E-state index in [-0.39, 0.29) is 0 Å². The van der Waals surface area contributed by atoms with E-state index in [1.807, 2.05) is 24.3 Å². The molecule has 0 aliphatic heterocycles. The van der Waals surface area contributed by atoms with Crippen LogP contribution in [-0.4, -0.2) is 29.9 Å². The quantitative estimate of drug-likeness (QED) is 0.125. The second-order valence-corrected chi connectivity index (χ2v) is 29.2. The smallest absolute Gasteiger partial charge is 0.164 e. The van der Waals surface area contributed by atoms with Gasteiger partial charge in [-0.25, -0.2) is 29.9 Å². The summed E-state index contributed by atoms with van der Waals surface area (Å²) in [6.45, 7) is 0. The highest BCUT2D eigenvalue weighted by atomic mass is 16.3. The molecule has 0 amide bonds. The Labute approximate surface area is 641 Å². The van der Waals surface area contributed by atoms with Gasteiger partial charge in [-0.3, -0.25) is 0 Å². The van der Waals surface area contributed by atoms with Gasteiger partial charge in [0.2, 0.25) is 0 Å². The van der Waals surface area contributed by atoms with Gasteiger partial charge in [0.1, 0.15) is 22.3 Å². The summed E-state index contributed by atoms with van der Waals surface area (Å²) < 4.78 is 13.6. The number of para-hydroxylation sites is 1. The molecule has 0 radical (unpaired) electrons. The van der Waals surface area contributed by atoms with Crippen molar-refractivity contribution in [3.63, 3.8) is 0 Å². The van der Waals surface area contributed by atoms with Crippen molar-refractivity contribution in [2.75, 3.05) is 0 Å². The highest BCUT2D eigenvalue weighted by Gasteiger charge is 2.25. The first kappa shape index (κ1) is 63.0. The van der Waals surface area contributed by atoms with Gasteiger partial charge in [-0.2, -0.15) is 0 Å². The first-order valence-electron chi connectivity index (χ1n) is 37.8. The number of benzene rings is 19. The maximum Gasteiger partial charge on any atom is 0.164 e. The minimum absolute atomic E-state index is 0.556. The third kappa shape index (κ3) is 10.5. The molecule has 4 heterocycles. The lowest BCUT2D eigenvalue weighted by Gasteiger charge is -2.15. The fourth-order valence-electron chi connectivity index (χ4n) is 17.2. The van der Waals surface area contributed by atoms with Crippen molar-refractivity contribution in [3.05, 3.63) is 364 Å². The van der Waals surface area contributed by atoms with Crippen molar-refractivity contribution < 1.29 is 8.83 Å². The van der Waals surface area contributed by atoms with Crippen molar-refractivity contribution in [3.8, 4) is 113 Å². The number of hydrogen-bond acceptors (Lipinski definition) is 8. The maximum absolute atomic E-state index is 6.90. The van der Waals surface area contributed by atoms with Crippen molar-refractivity contribution >= 4 is 130 Å². The van der Waals surface area contributed by atoms with E-state index in [4.69, 9.17) is 38.7 Å². The number of nitrogens with zero attached hydrogens (tertiary/aromatic N) is 6. The van der Waals surface area contributed by atoms with E-state index in [9.17, 15) is 0 Å². The highest BCUT2D eigenvalue weighted by Crippen LogP contribution is 2.46. The second kappa shape index (κ2) is 25.3. The summed E-state index contributed by atoms with van der Waals surface area (Å²) in [6, 6.07) is 130. The van der Waals surface area contributed by atoms with Crippen LogP contribution in [-0.2, 0) is 0 Å². The predicted octanol–water partition coefficient (Wildman–Crippen LogP) is 27.8. The van der Waals surface area contributed by atoms with Crippen LogP contribution in [0.15, 0.2) is 373 Å². The molecule has 0 N–H and O–H groups in total. The zero-order valence-electron chi connectivity index (χ0n) is 60.1. The van der Waals surface area contributed by atoms with Crippen LogP contribution < -0.4 is 0 Å². The monoisotopic (exact) mass is 1420 g/mol. The van der Waals surface area contributed by atoms with Gasteiger partial charge in [-0.1, -0.05) is 285 Å². The number of aromatic nitrogens is 6. The van der Waals surface area contributed by atoms with E-state index in [2.05, 4.69) is 340 Å². The summed E-state index contributed by atoms with van der Waals surface area (Å²) in [5.74, 6) is 3.49. The fraction of sp³-hybridized carbons (Fsp3) is 0.